The molecule has 7 heteroatoms. The lowest BCUT2D eigenvalue weighted by molar-refractivity contribution is -0.116. The maximum Gasteiger partial charge on any atom is 0.227 e. The van der Waals surface area contributed by atoms with Crippen LogP contribution in [0.3, 0.4) is 0 Å². The Balaban J connectivity index is 1.23. The van der Waals surface area contributed by atoms with Crippen molar-refractivity contribution in [2.75, 3.05) is 5.32 Å². The van der Waals surface area contributed by atoms with Crippen LogP contribution in [0.1, 0.15) is 74.7 Å². The number of anilines is 1. The minimum absolute atomic E-state index is 0.0816. The summed E-state index contributed by atoms with van der Waals surface area (Å²) in [5, 5.41) is 14.1. The van der Waals surface area contributed by atoms with E-state index in [0.29, 0.717) is 30.5 Å². The lowest BCUT2D eigenvalue weighted by atomic mass is 9.86. The van der Waals surface area contributed by atoms with Crippen LogP contribution >= 0.6 is 0 Å². The lowest BCUT2D eigenvalue weighted by Crippen LogP contribution is -2.12. The van der Waals surface area contributed by atoms with E-state index >= 15 is 0 Å². The molecule has 1 amide bonds. The van der Waals surface area contributed by atoms with E-state index in [2.05, 4.69) is 25.7 Å². The third-order valence-corrected chi connectivity index (χ3v) is 5.12. The molecule has 2 aromatic rings. The largest absolute Gasteiger partial charge is 0.339 e. The summed E-state index contributed by atoms with van der Waals surface area (Å²) in [6, 6.07) is 1.95. The highest BCUT2D eigenvalue weighted by atomic mass is 16.5. The van der Waals surface area contributed by atoms with Gasteiger partial charge in [-0.3, -0.25) is 9.89 Å². The summed E-state index contributed by atoms with van der Waals surface area (Å²) in [4.78, 5) is 16.4. The van der Waals surface area contributed by atoms with E-state index in [-0.39, 0.29) is 5.91 Å². The van der Waals surface area contributed by atoms with Crippen molar-refractivity contribution in [2.24, 2.45) is 5.92 Å². The maximum absolute atomic E-state index is 12.1. The Bertz CT molecular complexity index is 713. The Morgan fingerprint density at radius 1 is 1.24 bits per heavy atom. The summed E-state index contributed by atoms with van der Waals surface area (Å²) in [6.45, 7) is 0. The zero-order valence-electron chi connectivity index (χ0n) is 14.5. The highest BCUT2D eigenvalue weighted by molar-refractivity contribution is 5.89. The Labute approximate surface area is 147 Å². The van der Waals surface area contributed by atoms with Crippen molar-refractivity contribution in [1.82, 2.24) is 20.3 Å². The highest BCUT2D eigenvalue weighted by Gasteiger charge is 2.28. The molecule has 0 unspecified atom stereocenters. The fraction of sp³-hybridized carbons (Fsp3) is 0.667. The molecule has 0 saturated heterocycles. The molecule has 4 rings (SSSR count). The molecular formula is C18H25N5O2. The topological polar surface area (TPSA) is 96.7 Å². The first-order chi connectivity index (χ1) is 12.3. The van der Waals surface area contributed by atoms with Crippen LogP contribution < -0.4 is 5.32 Å². The molecule has 2 fully saturated rings. The van der Waals surface area contributed by atoms with Crippen molar-refractivity contribution in [3.8, 4) is 0 Å². The molecule has 7 nitrogen and oxygen atoms in total. The molecule has 2 aliphatic carbocycles. The number of aryl methyl sites for hydroxylation is 1. The molecule has 0 bridgehead atoms. The van der Waals surface area contributed by atoms with E-state index in [1.54, 1.807) is 0 Å². The van der Waals surface area contributed by atoms with Gasteiger partial charge in [0.1, 0.15) is 0 Å². The minimum atomic E-state index is -0.0816. The predicted octanol–water partition coefficient (Wildman–Crippen LogP) is 3.36. The Morgan fingerprint density at radius 2 is 2.08 bits per heavy atom. The number of hydrogen-bond acceptors (Lipinski definition) is 5. The van der Waals surface area contributed by atoms with Crippen molar-refractivity contribution in [1.29, 1.82) is 0 Å². The molecule has 0 aliphatic heterocycles. The fourth-order valence-corrected chi connectivity index (χ4v) is 3.54. The molecule has 2 heterocycles. The second-order valence-electron chi connectivity index (χ2n) is 7.36. The quantitative estimate of drug-likeness (QED) is 0.803. The molecule has 2 saturated carbocycles. The van der Waals surface area contributed by atoms with Gasteiger partial charge in [0.2, 0.25) is 11.8 Å². The van der Waals surface area contributed by atoms with Gasteiger partial charge in [-0.25, -0.2) is 0 Å². The molecule has 25 heavy (non-hydrogen) atoms. The normalized spacial score (nSPS) is 18.4. The van der Waals surface area contributed by atoms with Gasteiger partial charge in [-0.2, -0.15) is 10.1 Å². The van der Waals surface area contributed by atoms with Crippen molar-refractivity contribution in [2.45, 2.75) is 70.1 Å². The predicted molar refractivity (Wildman–Crippen MR) is 92.1 cm³/mol. The van der Waals surface area contributed by atoms with Gasteiger partial charge in [0.25, 0.3) is 0 Å². The number of carbonyl (C=O) groups excluding carboxylic acids is 1. The average Bonchev–Trinajstić information content (AvgIpc) is 3.21. The van der Waals surface area contributed by atoms with Crippen molar-refractivity contribution in [3.05, 3.63) is 23.5 Å². The van der Waals surface area contributed by atoms with Crippen LogP contribution in [0.15, 0.2) is 10.6 Å². The number of nitrogens with one attached hydrogen (secondary N) is 2. The molecule has 2 aromatic heterocycles. The van der Waals surface area contributed by atoms with Gasteiger partial charge in [-0.15, -0.1) is 0 Å². The second-order valence-corrected chi connectivity index (χ2v) is 7.36. The third-order valence-electron chi connectivity index (χ3n) is 5.12. The first kappa shape index (κ1) is 16.3. The molecule has 0 atom stereocenters. The smallest absolute Gasteiger partial charge is 0.227 e. The van der Waals surface area contributed by atoms with E-state index in [4.69, 9.17) is 4.52 Å². The third kappa shape index (κ3) is 4.46. The van der Waals surface area contributed by atoms with Crippen molar-refractivity contribution < 1.29 is 9.32 Å². The number of carbonyl (C=O) groups is 1. The Morgan fingerprint density at radius 3 is 2.88 bits per heavy atom. The number of rotatable bonds is 7. The second kappa shape index (κ2) is 7.37. The van der Waals surface area contributed by atoms with Crippen LogP contribution in [0.5, 0.6) is 0 Å². The highest BCUT2D eigenvalue weighted by Crippen LogP contribution is 2.38. The molecule has 2 N–H and O–H groups in total. The SMILES string of the molecule is O=C(CCc1nc(C2CC2)no1)Nc1cc(CC2CCCCC2)[nH]n1. The van der Waals surface area contributed by atoms with Crippen molar-refractivity contribution in [3.63, 3.8) is 0 Å². The van der Waals surface area contributed by atoms with E-state index < -0.39 is 0 Å². The Hall–Kier alpha value is -2.18. The summed E-state index contributed by atoms with van der Waals surface area (Å²) in [5.74, 6) is 3.06. The summed E-state index contributed by atoms with van der Waals surface area (Å²) >= 11 is 0. The molecule has 0 spiro atoms. The van der Waals surface area contributed by atoms with Gasteiger partial charge < -0.3 is 9.84 Å². The van der Waals surface area contributed by atoms with Gasteiger partial charge in [0, 0.05) is 30.5 Å². The standard InChI is InChI=1S/C18H25N5O2/c24-16(8-9-17-20-18(23-25-17)13-6-7-13)19-15-11-14(21-22-15)10-12-4-2-1-3-5-12/h11-13H,1-10H2,(H2,19,21,22,24). The number of aromatic amines is 1. The average molecular weight is 343 g/mol. The van der Waals surface area contributed by atoms with Gasteiger partial charge >= 0.3 is 0 Å². The van der Waals surface area contributed by atoms with Crippen LogP contribution in [0.4, 0.5) is 5.82 Å². The van der Waals surface area contributed by atoms with Gasteiger partial charge in [-0.05, 0) is 25.2 Å². The van der Waals surface area contributed by atoms with Crippen molar-refractivity contribution >= 4 is 11.7 Å². The van der Waals surface area contributed by atoms with Crippen LogP contribution in [-0.2, 0) is 17.6 Å². The van der Waals surface area contributed by atoms with Crippen LogP contribution in [0.2, 0.25) is 0 Å². The number of aromatic nitrogens is 4. The molecule has 0 radical (unpaired) electrons. The monoisotopic (exact) mass is 343 g/mol. The number of hydrogen-bond donors (Lipinski definition) is 2. The maximum atomic E-state index is 12.1. The van der Waals surface area contributed by atoms with E-state index in [1.165, 1.54) is 32.1 Å². The fourth-order valence-electron chi connectivity index (χ4n) is 3.54. The minimum Gasteiger partial charge on any atom is -0.339 e. The zero-order chi connectivity index (χ0) is 17.1. The first-order valence-electron chi connectivity index (χ1n) is 9.43. The van der Waals surface area contributed by atoms with E-state index in [9.17, 15) is 4.79 Å². The van der Waals surface area contributed by atoms with E-state index in [0.717, 1.165) is 36.7 Å². The molecular weight excluding hydrogens is 318 g/mol. The summed E-state index contributed by atoms with van der Waals surface area (Å²) in [7, 11) is 0. The number of amides is 1. The summed E-state index contributed by atoms with van der Waals surface area (Å²) < 4.78 is 5.19. The molecule has 2 aliphatic rings. The van der Waals surface area contributed by atoms with Crippen LogP contribution in [0, 0.1) is 5.92 Å². The lowest BCUT2D eigenvalue weighted by Gasteiger charge is -2.20. The number of nitrogens with zero attached hydrogens (tertiary/aromatic N) is 3. The number of H-pyrrole nitrogens is 1. The van der Waals surface area contributed by atoms with Crippen LogP contribution in [0.25, 0.3) is 0 Å². The van der Waals surface area contributed by atoms with Gasteiger partial charge in [-0.1, -0.05) is 37.3 Å². The Kier molecular flexibility index (Phi) is 4.81. The first-order valence-corrected chi connectivity index (χ1v) is 9.43. The molecule has 0 aromatic carbocycles. The van der Waals surface area contributed by atoms with Gasteiger partial charge in [0.15, 0.2) is 11.6 Å². The van der Waals surface area contributed by atoms with Gasteiger partial charge in [0.05, 0.1) is 0 Å². The van der Waals surface area contributed by atoms with Crippen LogP contribution in [-0.4, -0.2) is 26.2 Å². The zero-order valence-corrected chi connectivity index (χ0v) is 14.5. The summed E-state index contributed by atoms with van der Waals surface area (Å²) in [6.07, 6.45) is 10.7. The summed E-state index contributed by atoms with van der Waals surface area (Å²) in [5.41, 5.74) is 1.10. The van der Waals surface area contributed by atoms with E-state index in [1.807, 2.05) is 6.07 Å². The molecule has 134 valence electrons.